The summed E-state index contributed by atoms with van der Waals surface area (Å²) >= 11 is 0. The molecule has 1 aliphatic heterocycles. The normalized spacial score (nSPS) is 13.5. The first-order chi connectivity index (χ1) is 8.49. The summed E-state index contributed by atoms with van der Waals surface area (Å²) in [6, 6.07) is 2.69. The fourth-order valence-corrected chi connectivity index (χ4v) is 1.14. The Balaban J connectivity index is 0.000000454. The third-order valence-corrected chi connectivity index (χ3v) is 1.95. The summed E-state index contributed by atoms with van der Waals surface area (Å²) in [5.74, 6) is -1.46. The Labute approximate surface area is 119 Å². The summed E-state index contributed by atoms with van der Waals surface area (Å²) in [5, 5.41) is 16.5. The summed E-state index contributed by atoms with van der Waals surface area (Å²) < 4.78 is 40.7. The number of rotatable bonds is 0. The second-order valence-corrected chi connectivity index (χ2v) is 3.29. The van der Waals surface area contributed by atoms with Crippen LogP contribution in [0, 0.1) is 22.7 Å². The van der Waals surface area contributed by atoms with Crippen LogP contribution < -0.4 is 23.8 Å². The van der Waals surface area contributed by atoms with E-state index in [2.05, 4.69) is 9.97 Å². The van der Waals surface area contributed by atoms with Crippen LogP contribution in [0.25, 0.3) is 0 Å². The van der Waals surface area contributed by atoms with Crippen molar-refractivity contribution in [3.63, 3.8) is 0 Å². The third-order valence-electron chi connectivity index (χ3n) is 1.95. The molecule has 5 nitrogen and oxygen atoms in total. The quantitative estimate of drug-likeness (QED) is 0.538. The fraction of sp³-hybridized carbons (Fsp3) is 0.500. The maximum Gasteiger partial charge on any atom is 1.00 e. The van der Waals surface area contributed by atoms with Crippen LogP contribution in [-0.4, -0.2) is 18.2 Å². The van der Waals surface area contributed by atoms with Gasteiger partial charge in [-0.2, -0.15) is 23.7 Å². The Kier molecular flexibility index (Phi) is 7.25. The van der Waals surface area contributed by atoms with Crippen molar-refractivity contribution < 1.29 is 36.8 Å². The molecule has 1 fully saturated rings. The molecule has 0 atom stereocenters. The Morgan fingerprint density at radius 3 is 2.00 bits per heavy atom. The van der Waals surface area contributed by atoms with Gasteiger partial charge in [-0.3, -0.25) is 0 Å². The van der Waals surface area contributed by atoms with Crippen LogP contribution in [0.15, 0.2) is 0 Å². The van der Waals surface area contributed by atoms with Crippen LogP contribution >= 0.6 is 0 Å². The van der Waals surface area contributed by atoms with Crippen LogP contribution in [0.3, 0.4) is 0 Å². The number of hydrogen-bond acceptors (Lipinski definition) is 4. The molecular formula is C10H8F3LiN4O. The molecule has 96 valence electrons. The first-order valence-corrected chi connectivity index (χ1v) is 4.99. The van der Waals surface area contributed by atoms with Gasteiger partial charge in [0.25, 0.3) is 0 Å². The number of imidazole rings is 1. The van der Waals surface area contributed by atoms with Crippen LogP contribution in [0.1, 0.15) is 30.1 Å². The minimum Gasteiger partial charge on any atom is -0.422 e. The van der Waals surface area contributed by atoms with E-state index in [0.717, 1.165) is 13.2 Å². The third kappa shape index (κ3) is 5.36. The molecule has 9 heteroatoms. The van der Waals surface area contributed by atoms with Gasteiger partial charge in [-0.05, 0) is 12.8 Å². The van der Waals surface area contributed by atoms with Crippen molar-refractivity contribution in [2.24, 2.45) is 0 Å². The van der Waals surface area contributed by atoms with Crippen LogP contribution in [0.4, 0.5) is 13.2 Å². The molecule has 0 saturated carbocycles. The molecular weight excluding hydrogens is 256 g/mol. The predicted molar refractivity (Wildman–Crippen MR) is 52.0 cm³/mol. The van der Waals surface area contributed by atoms with E-state index in [-0.39, 0.29) is 18.9 Å². The predicted octanol–water partition coefficient (Wildman–Crippen LogP) is -1.40. The number of aromatic nitrogens is 2. The number of nitriles is 2. The first-order valence-electron chi connectivity index (χ1n) is 4.99. The van der Waals surface area contributed by atoms with Crippen LogP contribution in [0.2, 0.25) is 0 Å². The number of halogens is 3. The molecule has 1 aromatic rings. The maximum absolute atomic E-state index is 11.9. The van der Waals surface area contributed by atoms with Gasteiger partial charge in [0.2, 0.25) is 0 Å². The molecule has 1 saturated heterocycles. The zero-order valence-corrected chi connectivity index (χ0v) is 10.2. The molecule has 0 unspecified atom stereocenters. The van der Waals surface area contributed by atoms with Crippen LogP contribution in [0.5, 0.6) is 0 Å². The van der Waals surface area contributed by atoms with E-state index in [0.29, 0.717) is 0 Å². The van der Waals surface area contributed by atoms with Gasteiger partial charge in [-0.15, -0.1) is 0 Å². The van der Waals surface area contributed by atoms with Gasteiger partial charge in [0, 0.05) is 19.0 Å². The maximum atomic E-state index is 11.9. The van der Waals surface area contributed by atoms with E-state index in [9.17, 15) is 13.2 Å². The van der Waals surface area contributed by atoms with Crippen molar-refractivity contribution in [3.05, 3.63) is 17.2 Å². The zero-order chi connectivity index (χ0) is 13.6. The van der Waals surface area contributed by atoms with Crippen molar-refractivity contribution in [2.45, 2.75) is 19.0 Å². The monoisotopic (exact) mass is 264 g/mol. The molecule has 2 rings (SSSR count). The minimum atomic E-state index is -4.72. The largest absolute Gasteiger partial charge is 1.00 e. The molecule has 0 aromatic carbocycles. The van der Waals surface area contributed by atoms with E-state index >= 15 is 0 Å². The smallest absolute Gasteiger partial charge is 0.422 e. The Morgan fingerprint density at radius 2 is 1.74 bits per heavy atom. The van der Waals surface area contributed by atoms with Crippen molar-refractivity contribution in [1.82, 2.24) is 9.97 Å². The van der Waals surface area contributed by atoms with Crippen molar-refractivity contribution in [1.29, 1.82) is 10.5 Å². The minimum absolute atomic E-state index is 0. The first kappa shape index (κ1) is 17.5. The van der Waals surface area contributed by atoms with Crippen LogP contribution in [-0.2, 0) is 10.9 Å². The molecule has 0 N–H and O–H groups in total. The fourth-order valence-electron chi connectivity index (χ4n) is 1.14. The van der Waals surface area contributed by atoms with Gasteiger partial charge in [0.05, 0.1) is 23.5 Å². The summed E-state index contributed by atoms with van der Waals surface area (Å²) in [5.41, 5.74) is -1.20. The number of nitrogens with zero attached hydrogens (tertiary/aromatic N) is 4. The second kappa shape index (κ2) is 7.86. The van der Waals surface area contributed by atoms with Gasteiger partial charge >= 0.3 is 25.0 Å². The van der Waals surface area contributed by atoms with Crippen molar-refractivity contribution >= 4 is 0 Å². The molecule has 1 aliphatic rings. The van der Waals surface area contributed by atoms with E-state index < -0.39 is 23.4 Å². The zero-order valence-electron chi connectivity index (χ0n) is 10.2. The number of alkyl halides is 3. The molecule has 19 heavy (non-hydrogen) atoms. The van der Waals surface area contributed by atoms with Gasteiger partial charge in [-0.1, -0.05) is 0 Å². The molecule has 0 aliphatic carbocycles. The second-order valence-electron chi connectivity index (χ2n) is 3.29. The van der Waals surface area contributed by atoms with Gasteiger partial charge in [0.15, 0.2) is 0 Å². The summed E-state index contributed by atoms with van der Waals surface area (Å²) in [4.78, 5) is 5.70. The van der Waals surface area contributed by atoms with E-state index in [1.165, 1.54) is 25.0 Å². The van der Waals surface area contributed by atoms with E-state index in [1.54, 1.807) is 0 Å². The van der Waals surface area contributed by atoms with Gasteiger partial charge in [-0.25, -0.2) is 0 Å². The van der Waals surface area contributed by atoms with Crippen molar-refractivity contribution in [2.75, 3.05) is 13.2 Å². The van der Waals surface area contributed by atoms with E-state index in [1.807, 2.05) is 0 Å². The summed E-state index contributed by atoms with van der Waals surface area (Å²) in [6.45, 7) is 2.00. The summed E-state index contributed by atoms with van der Waals surface area (Å²) in [7, 11) is 0. The van der Waals surface area contributed by atoms with Gasteiger partial charge < -0.3 is 14.7 Å². The Morgan fingerprint density at radius 1 is 1.16 bits per heavy atom. The Hall–Kier alpha value is -1.46. The topological polar surface area (TPSA) is 83.8 Å². The molecule has 0 amide bonds. The molecule has 0 bridgehead atoms. The summed E-state index contributed by atoms with van der Waals surface area (Å²) in [6.07, 6.45) is -2.17. The van der Waals surface area contributed by atoms with E-state index in [4.69, 9.17) is 15.3 Å². The number of hydrogen-bond donors (Lipinski definition) is 0. The molecule has 0 radical (unpaired) electrons. The number of ether oxygens (including phenoxy) is 1. The molecule has 1 aromatic heterocycles. The van der Waals surface area contributed by atoms with Crippen molar-refractivity contribution in [3.8, 4) is 12.1 Å². The molecule has 0 spiro atoms. The SMILES string of the molecule is C1CCOC1.N#Cc1nc(C(F)(F)F)[n-]c1C#N.[Li+]. The van der Waals surface area contributed by atoms with Gasteiger partial charge in [0.1, 0.15) is 0 Å². The standard InChI is InChI=1S/C6F3N4.C4H8O.Li/c7-6(8,9)5-12-3(1-10)4(2-11)13-5;1-2-4-5-3-1;/h;1-4H2;/q-1;;+1. The average Bonchev–Trinajstić information content (AvgIpc) is 3.00. The average molecular weight is 264 g/mol. The Bertz CT molecular complexity index is 443. The molecule has 2 heterocycles.